The summed E-state index contributed by atoms with van der Waals surface area (Å²) in [6, 6.07) is 2.91. The number of thiophene rings is 1. The van der Waals surface area contributed by atoms with Crippen molar-refractivity contribution in [3.63, 3.8) is 0 Å². The quantitative estimate of drug-likeness (QED) is 0.686. The summed E-state index contributed by atoms with van der Waals surface area (Å²) in [5, 5.41) is 5.71. The van der Waals surface area contributed by atoms with Crippen molar-refractivity contribution in [1.82, 2.24) is 15.1 Å². The number of aryl methyl sites for hydroxylation is 1. The highest BCUT2D eigenvalue weighted by Gasteiger charge is 2.29. The number of rotatable bonds is 3. The van der Waals surface area contributed by atoms with Crippen molar-refractivity contribution in [2.45, 2.75) is 45.2 Å². The zero-order chi connectivity index (χ0) is 15.4. The van der Waals surface area contributed by atoms with Gasteiger partial charge >= 0.3 is 0 Å². The van der Waals surface area contributed by atoms with Gasteiger partial charge in [0.15, 0.2) is 5.96 Å². The fourth-order valence-corrected chi connectivity index (χ4v) is 4.44. The highest BCUT2D eigenvalue weighted by atomic mass is 32.1. The fraction of sp³-hybridized carbons (Fsp3) is 0.706. The van der Waals surface area contributed by atoms with Crippen molar-refractivity contribution >= 4 is 17.3 Å². The van der Waals surface area contributed by atoms with Crippen LogP contribution in [0.25, 0.3) is 0 Å². The van der Waals surface area contributed by atoms with Gasteiger partial charge in [0.25, 0.3) is 0 Å². The van der Waals surface area contributed by atoms with Crippen molar-refractivity contribution in [2.24, 2.45) is 4.99 Å². The second-order valence-electron chi connectivity index (χ2n) is 6.41. The average Bonchev–Trinajstić information content (AvgIpc) is 3.19. The molecule has 122 valence electrons. The molecule has 3 rings (SSSR count). The Hall–Kier alpha value is -1.07. The lowest BCUT2D eigenvalue weighted by Gasteiger charge is -2.32. The maximum absolute atomic E-state index is 4.50. The number of piperidine rings is 1. The molecule has 2 aliphatic heterocycles. The van der Waals surface area contributed by atoms with E-state index in [1.165, 1.54) is 49.2 Å². The van der Waals surface area contributed by atoms with E-state index in [2.05, 4.69) is 38.5 Å². The van der Waals surface area contributed by atoms with Crippen molar-refractivity contribution in [2.75, 3.05) is 33.2 Å². The van der Waals surface area contributed by atoms with Crippen LogP contribution in [0.1, 0.15) is 36.1 Å². The third kappa shape index (κ3) is 3.63. The monoisotopic (exact) mass is 320 g/mol. The number of hydrogen-bond donors (Lipinski definition) is 1. The van der Waals surface area contributed by atoms with Gasteiger partial charge in [0.2, 0.25) is 0 Å². The van der Waals surface area contributed by atoms with E-state index in [-0.39, 0.29) is 0 Å². The van der Waals surface area contributed by atoms with Crippen molar-refractivity contribution in [3.8, 4) is 0 Å². The molecule has 0 bridgehead atoms. The smallest absolute Gasteiger partial charge is 0.193 e. The van der Waals surface area contributed by atoms with E-state index < -0.39 is 0 Å². The number of aliphatic imine (C=N–C) groups is 1. The Morgan fingerprint density at radius 2 is 2.14 bits per heavy atom. The first kappa shape index (κ1) is 15.8. The summed E-state index contributed by atoms with van der Waals surface area (Å²) in [4.78, 5) is 11.0. The van der Waals surface area contributed by atoms with Gasteiger partial charge in [-0.2, -0.15) is 0 Å². The third-order valence-electron chi connectivity index (χ3n) is 4.96. The first-order valence-corrected chi connectivity index (χ1v) is 9.38. The second kappa shape index (κ2) is 7.47. The molecule has 0 spiro atoms. The Morgan fingerprint density at radius 1 is 1.32 bits per heavy atom. The Kier molecular flexibility index (Phi) is 5.37. The van der Waals surface area contributed by atoms with Crippen LogP contribution in [-0.2, 0) is 6.54 Å². The second-order valence-corrected chi connectivity index (χ2v) is 7.41. The minimum absolute atomic E-state index is 0.724. The van der Waals surface area contributed by atoms with E-state index >= 15 is 0 Å². The Balaban J connectivity index is 1.52. The SMILES string of the molecule is CN=C(NCc1sccc1C)N1CCC(N2CCCCC2)C1. The van der Waals surface area contributed by atoms with E-state index in [0.717, 1.165) is 31.6 Å². The maximum atomic E-state index is 4.50. The van der Waals surface area contributed by atoms with Gasteiger partial charge in [0, 0.05) is 31.1 Å². The summed E-state index contributed by atoms with van der Waals surface area (Å²) in [5.41, 5.74) is 1.38. The predicted octanol–water partition coefficient (Wildman–Crippen LogP) is 2.69. The number of nitrogens with zero attached hydrogens (tertiary/aromatic N) is 3. The first-order chi connectivity index (χ1) is 10.8. The predicted molar refractivity (Wildman–Crippen MR) is 94.7 cm³/mol. The Labute approximate surface area is 138 Å². The van der Waals surface area contributed by atoms with E-state index in [1.54, 1.807) is 0 Å². The zero-order valence-corrected chi connectivity index (χ0v) is 14.7. The van der Waals surface area contributed by atoms with Gasteiger partial charge in [-0.25, -0.2) is 0 Å². The lowest BCUT2D eigenvalue weighted by molar-refractivity contribution is 0.168. The highest BCUT2D eigenvalue weighted by molar-refractivity contribution is 7.10. The van der Waals surface area contributed by atoms with Crippen LogP contribution < -0.4 is 5.32 Å². The minimum atomic E-state index is 0.724. The van der Waals surface area contributed by atoms with Gasteiger partial charge in [-0.15, -0.1) is 11.3 Å². The molecule has 2 saturated heterocycles. The first-order valence-electron chi connectivity index (χ1n) is 8.50. The van der Waals surface area contributed by atoms with Crippen LogP contribution in [0.2, 0.25) is 0 Å². The van der Waals surface area contributed by atoms with E-state index in [0.29, 0.717) is 0 Å². The van der Waals surface area contributed by atoms with Crippen LogP contribution in [-0.4, -0.2) is 55.0 Å². The summed E-state index contributed by atoms with van der Waals surface area (Å²) in [6.45, 7) is 7.91. The van der Waals surface area contributed by atoms with Gasteiger partial charge in [0.1, 0.15) is 0 Å². The molecule has 1 unspecified atom stereocenters. The molecule has 22 heavy (non-hydrogen) atoms. The van der Waals surface area contributed by atoms with Crippen LogP contribution in [0.4, 0.5) is 0 Å². The van der Waals surface area contributed by atoms with Gasteiger partial charge in [-0.1, -0.05) is 6.42 Å². The summed E-state index contributed by atoms with van der Waals surface area (Å²) in [7, 11) is 1.90. The van der Waals surface area contributed by atoms with Gasteiger partial charge in [0.05, 0.1) is 6.54 Å². The molecule has 0 radical (unpaired) electrons. The summed E-state index contributed by atoms with van der Waals surface area (Å²) in [6.07, 6.45) is 5.44. The molecule has 1 aromatic rings. The normalized spacial score (nSPS) is 24.0. The largest absolute Gasteiger partial charge is 0.351 e. The maximum Gasteiger partial charge on any atom is 0.193 e. The minimum Gasteiger partial charge on any atom is -0.351 e. The topological polar surface area (TPSA) is 30.9 Å². The standard InChI is InChI=1S/C17H28N4S/c1-14-7-11-22-16(14)12-19-17(18-2)21-10-6-15(13-21)20-8-4-3-5-9-20/h7,11,15H,3-6,8-10,12-13H2,1-2H3,(H,18,19). The number of guanidine groups is 1. The molecule has 0 aromatic carbocycles. The number of likely N-dealkylation sites (tertiary alicyclic amines) is 2. The van der Waals surface area contributed by atoms with Crippen LogP contribution >= 0.6 is 11.3 Å². The summed E-state index contributed by atoms with van der Waals surface area (Å²) >= 11 is 1.82. The van der Waals surface area contributed by atoms with E-state index in [4.69, 9.17) is 0 Å². The highest BCUT2D eigenvalue weighted by Crippen LogP contribution is 2.20. The van der Waals surface area contributed by atoms with Crippen LogP contribution in [0.15, 0.2) is 16.4 Å². The molecule has 0 aliphatic carbocycles. The molecule has 3 heterocycles. The molecule has 1 aromatic heterocycles. The molecule has 0 saturated carbocycles. The molecule has 1 atom stereocenters. The van der Waals surface area contributed by atoms with Gasteiger partial charge in [-0.05, 0) is 56.3 Å². The number of nitrogens with one attached hydrogen (secondary N) is 1. The molecule has 4 nitrogen and oxygen atoms in total. The van der Waals surface area contributed by atoms with E-state index in [9.17, 15) is 0 Å². The molecule has 0 amide bonds. The third-order valence-corrected chi connectivity index (χ3v) is 5.98. The van der Waals surface area contributed by atoms with Crippen molar-refractivity contribution in [3.05, 3.63) is 21.9 Å². The summed E-state index contributed by atoms with van der Waals surface area (Å²) in [5.74, 6) is 1.06. The van der Waals surface area contributed by atoms with Crippen molar-refractivity contribution < 1.29 is 0 Å². The number of hydrogen-bond acceptors (Lipinski definition) is 3. The Bertz CT molecular complexity index is 505. The van der Waals surface area contributed by atoms with Gasteiger partial charge in [-0.3, -0.25) is 9.89 Å². The zero-order valence-electron chi connectivity index (χ0n) is 13.8. The molecular formula is C17H28N4S. The molecular weight excluding hydrogens is 292 g/mol. The Morgan fingerprint density at radius 3 is 2.82 bits per heavy atom. The molecule has 2 fully saturated rings. The lowest BCUT2D eigenvalue weighted by Crippen LogP contribution is -2.44. The van der Waals surface area contributed by atoms with Crippen LogP contribution in [0.5, 0.6) is 0 Å². The average molecular weight is 321 g/mol. The molecule has 1 N–H and O–H groups in total. The van der Waals surface area contributed by atoms with E-state index in [1.807, 2.05) is 18.4 Å². The summed E-state index contributed by atoms with van der Waals surface area (Å²) < 4.78 is 0. The fourth-order valence-electron chi connectivity index (χ4n) is 3.59. The van der Waals surface area contributed by atoms with Crippen LogP contribution in [0, 0.1) is 6.92 Å². The lowest BCUT2D eigenvalue weighted by atomic mass is 10.1. The molecule has 2 aliphatic rings. The van der Waals surface area contributed by atoms with Crippen LogP contribution in [0.3, 0.4) is 0 Å². The van der Waals surface area contributed by atoms with Crippen molar-refractivity contribution in [1.29, 1.82) is 0 Å². The van der Waals surface area contributed by atoms with Gasteiger partial charge < -0.3 is 10.2 Å². The molecule has 5 heteroatoms.